The number of hydrogen-bond acceptors (Lipinski definition) is 2. The van der Waals surface area contributed by atoms with Crippen molar-refractivity contribution in [2.24, 2.45) is 11.7 Å². The van der Waals surface area contributed by atoms with Gasteiger partial charge in [0.1, 0.15) is 0 Å². The molecule has 0 radical (unpaired) electrons. The Balaban J connectivity index is 1.84. The zero-order valence-corrected chi connectivity index (χ0v) is 12.9. The maximum Gasteiger partial charge on any atom is 0.0761 e. The highest BCUT2D eigenvalue weighted by Crippen LogP contribution is 2.41. The maximum atomic E-state index is 10.5. The van der Waals surface area contributed by atoms with Crippen LogP contribution in [0.25, 0.3) is 32.3 Å². The van der Waals surface area contributed by atoms with Crippen LogP contribution in [0.2, 0.25) is 0 Å². The Morgan fingerprint density at radius 1 is 0.826 bits per heavy atom. The number of hydrogen-bond donors (Lipinski definition) is 2. The highest BCUT2D eigenvalue weighted by Gasteiger charge is 2.34. The van der Waals surface area contributed by atoms with E-state index < -0.39 is 6.10 Å². The number of nitrogens with two attached hydrogens (primary N) is 1. The smallest absolute Gasteiger partial charge is 0.0761 e. The molecule has 0 aliphatic heterocycles. The van der Waals surface area contributed by atoms with Gasteiger partial charge >= 0.3 is 0 Å². The molecular formula is C21H19NO. The zero-order valence-electron chi connectivity index (χ0n) is 12.9. The van der Waals surface area contributed by atoms with Crippen molar-refractivity contribution < 1.29 is 5.11 Å². The minimum Gasteiger partial charge on any atom is -0.391 e. The van der Waals surface area contributed by atoms with Crippen molar-refractivity contribution in [3.63, 3.8) is 0 Å². The molecular weight excluding hydrogens is 282 g/mol. The summed E-state index contributed by atoms with van der Waals surface area (Å²) in [6, 6.07) is 19.0. The molecule has 0 saturated heterocycles. The second-order valence-electron chi connectivity index (χ2n) is 6.86. The van der Waals surface area contributed by atoms with E-state index in [0.717, 1.165) is 18.4 Å². The lowest BCUT2D eigenvalue weighted by Gasteiger charge is -2.22. The molecule has 0 unspecified atom stereocenters. The van der Waals surface area contributed by atoms with Crippen molar-refractivity contribution in [3.05, 3.63) is 60.2 Å². The van der Waals surface area contributed by atoms with Crippen LogP contribution in [-0.4, -0.2) is 11.2 Å². The number of aliphatic hydroxyl groups excluding tert-OH is 1. The largest absolute Gasteiger partial charge is 0.391 e. The lowest BCUT2D eigenvalue weighted by atomic mass is 9.88. The normalized spacial score (nSPS) is 18.0. The molecule has 1 saturated carbocycles. The fourth-order valence-electron chi connectivity index (χ4n) is 3.96. The number of aliphatic hydroxyl groups is 1. The summed E-state index contributed by atoms with van der Waals surface area (Å²) in [6.07, 6.45) is 1.76. The standard InChI is InChI=1S/C21H19NO/c22-20(21(23)15-6-7-15)17-11-9-14-5-4-12-2-1-3-13-8-10-16(17)19(14)18(12)13/h1-5,8-11,15,20-21,23H,6-7,22H2/t20-,21+/m1/s1. The average Bonchev–Trinajstić information content (AvgIpc) is 3.43. The minimum atomic E-state index is -0.437. The molecule has 2 nitrogen and oxygen atoms in total. The average molecular weight is 301 g/mol. The molecule has 1 fully saturated rings. The van der Waals surface area contributed by atoms with Crippen molar-refractivity contribution in [1.82, 2.24) is 0 Å². The maximum absolute atomic E-state index is 10.5. The van der Waals surface area contributed by atoms with Crippen LogP contribution in [0.1, 0.15) is 24.4 Å². The highest BCUT2D eigenvalue weighted by atomic mass is 16.3. The van der Waals surface area contributed by atoms with Gasteiger partial charge in [0.2, 0.25) is 0 Å². The Kier molecular flexibility index (Phi) is 2.70. The lowest BCUT2D eigenvalue weighted by molar-refractivity contribution is 0.123. The van der Waals surface area contributed by atoms with Gasteiger partial charge < -0.3 is 10.8 Å². The predicted molar refractivity (Wildman–Crippen MR) is 95.8 cm³/mol. The molecule has 114 valence electrons. The van der Waals surface area contributed by atoms with Crippen LogP contribution in [0, 0.1) is 5.92 Å². The van der Waals surface area contributed by atoms with E-state index in [2.05, 4.69) is 54.6 Å². The first-order valence-corrected chi connectivity index (χ1v) is 8.34. The lowest BCUT2D eigenvalue weighted by Crippen LogP contribution is -2.28. The second-order valence-corrected chi connectivity index (χ2v) is 6.86. The molecule has 0 bridgehead atoms. The van der Waals surface area contributed by atoms with Gasteiger partial charge in [-0.25, -0.2) is 0 Å². The highest BCUT2D eigenvalue weighted by molar-refractivity contribution is 6.23. The third-order valence-electron chi connectivity index (χ3n) is 5.39. The van der Waals surface area contributed by atoms with Gasteiger partial charge in [0.05, 0.1) is 12.1 Å². The van der Waals surface area contributed by atoms with Gasteiger partial charge in [-0.2, -0.15) is 0 Å². The molecule has 23 heavy (non-hydrogen) atoms. The quantitative estimate of drug-likeness (QED) is 0.552. The van der Waals surface area contributed by atoms with E-state index in [1.807, 2.05) is 0 Å². The molecule has 3 N–H and O–H groups in total. The number of benzene rings is 4. The molecule has 0 spiro atoms. The van der Waals surface area contributed by atoms with E-state index in [4.69, 9.17) is 5.73 Å². The van der Waals surface area contributed by atoms with Crippen molar-refractivity contribution >= 4 is 32.3 Å². The van der Waals surface area contributed by atoms with Crippen LogP contribution in [0.15, 0.2) is 54.6 Å². The van der Waals surface area contributed by atoms with E-state index in [1.54, 1.807) is 0 Å². The van der Waals surface area contributed by atoms with Crippen molar-refractivity contribution in [2.75, 3.05) is 0 Å². The molecule has 1 aliphatic rings. The van der Waals surface area contributed by atoms with E-state index in [9.17, 15) is 5.11 Å². The van der Waals surface area contributed by atoms with Crippen molar-refractivity contribution in [1.29, 1.82) is 0 Å². The van der Waals surface area contributed by atoms with Gasteiger partial charge in [0, 0.05) is 0 Å². The van der Waals surface area contributed by atoms with Crippen molar-refractivity contribution in [3.8, 4) is 0 Å². The van der Waals surface area contributed by atoms with Crippen LogP contribution in [0.4, 0.5) is 0 Å². The first-order valence-electron chi connectivity index (χ1n) is 8.34. The Morgan fingerprint density at radius 2 is 1.43 bits per heavy atom. The van der Waals surface area contributed by atoms with Crippen LogP contribution in [0.3, 0.4) is 0 Å². The second kappa shape index (κ2) is 4.67. The Morgan fingerprint density at radius 3 is 2.13 bits per heavy atom. The monoisotopic (exact) mass is 301 g/mol. The molecule has 4 aromatic carbocycles. The first-order chi connectivity index (χ1) is 11.2. The molecule has 2 heteroatoms. The Bertz CT molecular complexity index is 1000. The first kappa shape index (κ1) is 13.3. The summed E-state index contributed by atoms with van der Waals surface area (Å²) in [5.74, 6) is 0.378. The number of rotatable bonds is 3. The summed E-state index contributed by atoms with van der Waals surface area (Å²) in [5, 5.41) is 18.0. The summed E-state index contributed by atoms with van der Waals surface area (Å²) in [7, 11) is 0. The summed E-state index contributed by atoms with van der Waals surface area (Å²) < 4.78 is 0. The third-order valence-corrected chi connectivity index (χ3v) is 5.39. The minimum absolute atomic E-state index is 0.313. The Hall–Kier alpha value is -2.16. The van der Waals surface area contributed by atoms with Crippen LogP contribution in [0.5, 0.6) is 0 Å². The van der Waals surface area contributed by atoms with E-state index in [1.165, 1.54) is 32.3 Å². The van der Waals surface area contributed by atoms with Gasteiger partial charge in [0.25, 0.3) is 0 Å². The third kappa shape index (κ3) is 1.89. The van der Waals surface area contributed by atoms with Crippen LogP contribution < -0.4 is 5.73 Å². The summed E-state index contributed by atoms with van der Waals surface area (Å²) in [6.45, 7) is 0. The van der Waals surface area contributed by atoms with E-state index >= 15 is 0 Å². The molecule has 0 amide bonds. The van der Waals surface area contributed by atoms with Crippen LogP contribution in [-0.2, 0) is 0 Å². The molecule has 2 atom stereocenters. The Labute approximate surface area is 134 Å². The molecule has 0 aromatic heterocycles. The molecule has 0 heterocycles. The fourth-order valence-corrected chi connectivity index (χ4v) is 3.96. The molecule has 1 aliphatic carbocycles. The zero-order chi connectivity index (χ0) is 15.6. The van der Waals surface area contributed by atoms with Gasteiger partial charge in [-0.05, 0) is 56.6 Å². The van der Waals surface area contributed by atoms with Gasteiger partial charge in [0.15, 0.2) is 0 Å². The van der Waals surface area contributed by atoms with Gasteiger partial charge in [-0.1, -0.05) is 54.6 Å². The molecule has 4 aromatic rings. The summed E-state index contributed by atoms with van der Waals surface area (Å²) >= 11 is 0. The van der Waals surface area contributed by atoms with Crippen LogP contribution >= 0.6 is 0 Å². The summed E-state index contributed by atoms with van der Waals surface area (Å²) in [4.78, 5) is 0. The van der Waals surface area contributed by atoms with Gasteiger partial charge in [-0.3, -0.25) is 0 Å². The topological polar surface area (TPSA) is 46.2 Å². The van der Waals surface area contributed by atoms with E-state index in [0.29, 0.717) is 5.92 Å². The van der Waals surface area contributed by atoms with Crippen molar-refractivity contribution in [2.45, 2.75) is 25.0 Å². The van der Waals surface area contributed by atoms with Gasteiger partial charge in [-0.15, -0.1) is 0 Å². The SMILES string of the molecule is N[C@H](c1ccc2ccc3cccc4ccc1c2c34)[C@@H](O)C1CC1. The molecule has 5 rings (SSSR count). The van der Waals surface area contributed by atoms with E-state index in [-0.39, 0.29) is 6.04 Å². The predicted octanol–water partition coefficient (Wildman–Crippen LogP) is 4.35. The summed E-state index contributed by atoms with van der Waals surface area (Å²) in [5.41, 5.74) is 7.49. The fraction of sp³-hybridized carbons (Fsp3) is 0.238.